The van der Waals surface area contributed by atoms with Gasteiger partial charge >= 0.3 is 18.9 Å². The van der Waals surface area contributed by atoms with Crippen LogP contribution in [-0.2, 0) is 4.79 Å². The van der Waals surface area contributed by atoms with Gasteiger partial charge in [0, 0.05) is 18.9 Å². The normalized spacial score (nSPS) is 12.4. The molecule has 0 amide bonds. The number of aliphatic carboxylic acids is 1. The van der Waals surface area contributed by atoms with Gasteiger partial charge in [-0.3, -0.25) is 0 Å². The van der Waals surface area contributed by atoms with Crippen LogP contribution in [0.4, 0.5) is 0 Å². The molecule has 0 rings (SSSR count). The molecule has 5 heteroatoms. The third-order valence-corrected chi connectivity index (χ3v) is 0.978. The molecule has 11 heavy (non-hydrogen) atoms. The Balaban J connectivity index is 0. The topological polar surface area (TPSA) is 63.6 Å². The van der Waals surface area contributed by atoms with E-state index in [0.29, 0.717) is 6.54 Å². The molecule has 0 aliphatic rings. The third kappa shape index (κ3) is 9.99. The van der Waals surface area contributed by atoms with Crippen molar-refractivity contribution in [2.24, 2.45) is 0 Å². The number of rotatable bonds is 4. The third-order valence-electron chi connectivity index (χ3n) is 0.978. The van der Waals surface area contributed by atoms with Gasteiger partial charge in [-0.05, 0) is 14.1 Å². The molecule has 0 fully saturated rings. The van der Waals surface area contributed by atoms with Crippen molar-refractivity contribution in [2.45, 2.75) is 12.5 Å². The van der Waals surface area contributed by atoms with E-state index in [4.69, 9.17) is 5.11 Å². The molecule has 0 radical (unpaired) electrons. The SMILES string of the molecule is CN(C)C[C@H](O)CC(=O)[O-].[Li+]. The van der Waals surface area contributed by atoms with Crippen molar-refractivity contribution in [3.63, 3.8) is 0 Å². The Labute approximate surface area is 78.4 Å². The van der Waals surface area contributed by atoms with Crippen LogP contribution in [0.2, 0.25) is 0 Å². The first-order chi connectivity index (χ1) is 4.52. The Hall–Kier alpha value is -0.0126. The summed E-state index contributed by atoms with van der Waals surface area (Å²) in [5.74, 6) is -1.21. The molecule has 0 saturated heterocycles. The Morgan fingerprint density at radius 2 is 2.09 bits per heavy atom. The zero-order valence-electron chi connectivity index (χ0n) is 7.20. The first kappa shape index (κ1) is 13.6. The maximum absolute atomic E-state index is 9.90. The zero-order chi connectivity index (χ0) is 8.15. The number of aliphatic hydroxyl groups excluding tert-OH is 1. The average molecular weight is 153 g/mol. The summed E-state index contributed by atoms with van der Waals surface area (Å²) in [5, 5.41) is 18.8. The van der Waals surface area contributed by atoms with Crippen LogP contribution in [0.5, 0.6) is 0 Å². The molecule has 0 spiro atoms. The van der Waals surface area contributed by atoms with E-state index in [1.54, 1.807) is 19.0 Å². The maximum Gasteiger partial charge on any atom is 1.00 e. The predicted octanol–water partition coefficient (Wildman–Crippen LogP) is -4.95. The Bertz CT molecular complexity index is 118. The molecule has 0 unspecified atom stereocenters. The number of hydrogen-bond donors (Lipinski definition) is 1. The van der Waals surface area contributed by atoms with Gasteiger partial charge in [0.1, 0.15) is 0 Å². The minimum absolute atomic E-state index is 0. The average Bonchev–Trinajstić information content (AvgIpc) is 1.58. The summed E-state index contributed by atoms with van der Waals surface area (Å²) in [4.78, 5) is 11.6. The summed E-state index contributed by atoms with van der Waals surface area (Å²) in [5.41, 5.74) is 0. The van der Waals surface area contributed by atoms with Crippen molar-refractivity contribution in [3.8, 4) is 0 Å². The Kier molecular flexibility index (Phi) is 8.24. The zero-order valence-corrected chi connectivity index (χ0v) is 7.20. The van der Waals surface area contributed by atoms with Crippen LogP contribution >= 0.6 is 0 Å². The molecule has 0 aromatic rings. The fourth-order valence-corrected chi connectivity index (χ4v) is 0.678. The van der Waals surface area contributed by atoms with E-state index >= 15 is 0 Å². The minimum atomic E-state index is -1.21. The fourth-order valence-electron chi connectivity index (χ4n) is 0.678. The standard InChI is InChI=1S/C6H13NO3.Li/c1-7(2)4-5(8)3-6(9)10;/h5,8H,3-4H2,1-2H3,(H,9,10);/q;+1/p-1/t5-;/m1./s1. The monoisotopic (exact) mass is 153 g/mol. The number of hydrogen-bond acceptors (Lipinski definition) is 4. The largest absolute Gasteiger partial charge is 1.00 e. The molecular formula is C6H12LiNO3. The predicted molar refractivity (Wildman–Crippen MR) is 34.2 cm³/mol. The summed E-state index contributed by atoms with van der Waals surface area (Å²) in [6.07, 6.45) is -1.11. The minimum Gasteiger partial charge on any atom is -0.550 e. The number of nitrogens with zero attached hydrogens (tertiary/aromatic N) is 1. The molecule has 1 N–H and O–H groups in total. The van der Waals surface area contributed by atoms with Crippen LogP contribution in [0.15, 0.2) is 0 Å². The smallest absolute Gasteiger partial charge is 0.550 e. The second kappa shape index (κ2) is 6.68. The van der Waals surface area contributed by atoms with E-state index in [-0.39, 0.29) is 25.3 Å². The van der Waals surface area contributed by atoms with E-state index < -0.39 is 12.1 Å². The molecule has 4 nitrogen and oxygen atoms in total. The van der Waals surface area contributed by atoms with Crippen LogP contribution < -0.4 is 24.0 Å². The molecule has 0 aliphatic heterocycles. The Morgan fingerprint density at radius 1 is 1.64 bits per heavy atom. The summed E-state index contributed by atoms with van der Waals surface area (Å²) in [7, 11) is 3.52. The van der Waals surface area contributed by atoms with Gasteiger partial charge < -0.3 is 19.9 Å². The fraction of sp³-hybridized carbons (Fsp3) is 0.833. The summed E-state index contributed by atoms with van der Waals surface area (Å²) >= 11 is 0. The number of carboxylic acids is 1. The van der Waals surface area contributed by atoms with Crippen LogP contribution in [0.1, 0.15) is 6.42 Å². The molecule has 0 bridgehead atoms. The summed E-state index contributed by atoms with van der Waals surface area (Å²) in [6, 6.07) is 0. The van der Waals surface area contributed by atoms with Gasteiger partial charge in [0.2, 0.25) is 0 Å². The molecule has 60 valence electrons. The molecule has 0 saturated carbocycles. The van der Waals surface area contributed by atoms with Crippen LogP contribution in [0.25, 0.3) is 0 Å². The summed E-state index contributed by atoms with van der Waals surface area (Å²) in [6.45, 7) is 0.355. The molecular weight excluding hydrogens is 141 g/mol. The Morgan fingerprint density at radius 3 is 2.36 bits per heavy atom. The van der Waals surface area contributed by atoms with Gasteiger partial charge in [-0.1, -0.05) is 0 Å². The van der Waals surface area contributed by atoms with Crippen molar-refractivity contribution in [1.29, 1.82) is 0 Å². The van der Waals surface area contributed by atoms with Crippen LogP contribution in [0, 0.1) is 0 Å². The maximum atomic E-state index is 9.90. The van der Waals surface area contributed by atoms with Crippen molar-refractivity contribution in [1.82, 2.24) is 4.90 Å². The van der Waals surface area contributed by atoms with E-state index in [2.05, 4.69) is 0 Å². The molecule has 0 aliphatic carbocycles. The van der Waals surface area contributed by atoms with Crippen LogP contribution in [0.3, 0.4) is 0 Å². The van der Waals surface area contributed by atoms with Gasteiger partial charge in [-0.2, -0.15) is 0 Å². The van der Waals surface area contributed by atoms with Gasteiger partial charge in [0.25, 0.3) is 0 Å². The van der Waals surface area contributed by atoms with Crippen molar-refractivity contribution in [3.05, 3.63) is 0 Å². The first-order valence-electron chi connectivity index (χ1n) is 3.05. The molecule has 0 aromatic carbocycles. The number of carbonyl (C=O) groups is 1. The second-order valence-electron chi connectivity index (χ2n) is 2.49. The number of carboxylic acid groups (broad SMARTS) is 1. The van der Waals surface area contributed by atoms with Crippen LogP contribution in [-0.4, -0.2) is 42.7 Å². The van der Waals surface area contributed by atoms with Gasteiger partial charge in [0.15, 0.2) is 0 Å². The number of aliphatic hydroxyl groups is 1. The van der Waals surface area contributed by atoms with Gasteiger partial charge in [-0.25, -0.2) is 0 Å². The van der Waals surface area contributed by atoms with E-state index in [1.807, 2.05) is 0 Å². The number of carbonyl (C=O) groups excluding carboxylic acids is 1. The molecule has 1 atom stereocenters. The van der Waals surface area contributed by atoms with E-state index in [9.17, 15) is 9.90 Å². The van der Waals surface area contributed by atoms with Crippen molar-refractivity contribution in [2.75, 3.05) is 20.6 Å². The molecule has 0 aromatic heterocycles. The number of likely N-dealkylation sites (N-methyl/N-ethyl adjacent to an activating group) is 1. The first-order valence-corrected chi connectivity index (χ1v) is 3.05. The van der Waals surface area contributed by atoms with Crippen molar-refractivity contribution < 1.29 is 33.9 Å². The van der Waals surface area contributed by atoms with E-state index in [0.717, 1.165) is 0 Å². The quantitative estimate of drug-likeness (QED) is 0.411. The van der Waals surface area contributed by atoms with Crippen molar-refractivity contribution >= 4 is 5.97 Å². The second-order valence-corrected chi connectivity index (χ2v) is 2.49. The van der Waals surface area contributed by atoms with E-state index in [1.165, 1.54) is 0 Å². The van der Waals surface area contributed by atoms with Gasteiger partial charge in [0.05, 0.1) is 6.10 Å². The molecule has 0 heterocycles. The van der Waals surface area contributed by atoms with Gasteiger partial charge in [-0.15, -0.1) is 0 Å². The summed E-state index contributed by atoms with van der Waals surface area (Å²) < 4.78 is 0.